The molecule has 0 aliphatic heterocycles. The van der Waals surface area contributed by atoms with Crippen molar-refractivity contribution in [1.29, 1.82) is 0 Å². The molecule has 30 heavy (non-hydrogen) atoms. The van der Waals surface area contributed by atoms with Gasteiger partial charge in [0.05, 0.1) is 18.1 Å². The number of carbonyl (C=O) groups is 1. The van der Waals surface area contributed by atoms with E-state index in [0.717, 1.165) is 6.07 Å². The van der Waals surface area contributed by atoms with E-state index in [1.807, 2.05) is 0 Å². The number of hydrogen-bond donors (Lipinski definition) is 0. The highest BCUT2D eigenvalue weighted by atomic mass is 19.1. The lowest BCUT2D eigenvalue weighted by molar-refractivity contribution is 0.0734. The highest BCUT2D eigenvalue weighted by molar-refractivity contribution is 5.91. The third kappa shape index (κ3) is 4.00. The molecule has 4 rings (SSSR count). The summed E-state index contributed by atoms with van der Waals surface area (Å²) < 4.78 is 34.7. The van der Waals surface area contributed by atoms with E-state index < -0.39 is 11.8 Å². The van der Waals surface area contributed by atoms with Crippen molar-refractivity contribution in [3.8, 4) is 23.0 Å². The normalized spacial score (nSPS) is 10.6. The van der Waals surface area contributed by atoms with E-state index in [1.165, 1.54) is 42.7 Å². The molecule has 0 atom stereocenters. The van der Waals surface area contributed by atoms with Gasteiger partial charge < -0.3 is 18.6 Å². The Hall–Kier alpha value is -4.13. The van der Waals surface area contributed by atoms with E-state index in [0.29, 0.717) is 11.5 Å². The van der Waals surface area contributed by atoms with Gasteiger partial charge in [-0.3, -0.25) is 4.79 Å². The summed E-state index contributed by atoms with van der Waals surface area (Å²) in [6.45, 7) is 0. The molecular weight excluding hydrogens is 391 g/mol. The fourth-order valence-corrected chi connectivity index (χ4v) is 2.78. The molecule has 0 spiro atoms. The van der Waals surface area contributed by atoms with Crippen LogP contribution >= 0.6 is 0 Å². The minimum absolute atomic E-state index is 0.0113. The van der Waals surface area contributed by atoms with Gasteiger partial charge in [0.2, 0.25) is 11.2 Å². The average Bonchev–Trinajstić information content (AvgIpc) is 2.76. The molecule has 3 aromatic carbocycles. The van der Waals surface area contributed by atoms with E-state index in [-0.39, 0.29) is 33.5 Å². The molecule has 4 aromatic rings. The summed E-state index contributed by atoms with van der Waals surface area (Å²) in [6.07, 6.45) is 1.19. The van der Waals surface area contributed by atoms with E-state index >= 15 is 0 Å². The zero-order valence-corrected chi connectivity index (χ0v) is 15.8. The number of benzene rings is 3. The summed E-state index contributed by atoms with van der Waals surface area (Å²) in [6, 6.07) is 16.2. The van der Waals surface area contributed by atoms with E-state index in [1.54, 1.807) is 31.4 Å². The number of fused-ring (bicyclic) bond motifs is 1. The predicted octanol–water partition coefficient (Wildman–Crippen LogP) is 4.95. The average molecular weight is 406 g/mol. The molecule has 0 amide bonds. The number of methoxy groups -OCH3 is 1. The maximum Gasteiger partial charge on any atom is 0.343 e. The Kier molecular flexibility index (Phi) is 5.17. The van der Waals surface area contributed by atoms with Gasteiger partial charge in [-0.2, -0.15) is 0 Å². The van der Waals surface area contributed by atoms with Gasteiger partial charge in [-0.15, -0.1) is 0 Å². The van der Waals surface area contributed by atoms with Crippen molar-refractivity contribution in [2.24, 2.45) is 0 Å². The fourth-order valence-electron chi connectivity index (χ4n) is 2.78. The van der Waals surface area contributed by atoms with Crippen LogP contribution in [-0.4, -0.2) is 13.1 Å². The summed E-state index contributed by atoms with van der Waals surface area (Å²) >= 11 is 0. The van der Waals surface area contributed by atoms with Gasteiger partial charge in [0.1, 0.15) is 34.9 Å². The van der Waals surface area contributed by atoms with Gasteiger partial charge in [0.25, 0.3) is 0 Å². The van der Waals surface area contributed by atoms with E-state index in [4.69, 9.17) is 18.6 Å². The second kappa shape index (κ2) is 8.08. The first kappa shape index (κ1) is 19.2. The number of ether oxygens (including phenoxy) is 3. The molecule has 0 unspecified atom stereocenters. The van der Waals surface area contributed by atoms with Crippen LogP contribution in [0, 0.1) is 5.82 Å². The Bertz CT molecular complexity index is 1280. The summed E-state index contributed by atoms with van der Waals surface area (Å²) in [5, 5.41) is 0.256. The lowest BCUT2D eigenvalue weighted by Gasteiger charge is -2.08. The van der Waals surface area contributed by atoms with Gasteiger partial charge in [-0.1, -0.05) is 6.07 Å². The second-order valence-electron chi connectivity index (χ2n) is 6.26. The SMILES string of the molecule is COc1ccc(Oc2coc3cc(OC(=O)c4cccc(F)c4)ccc3c2=O)cc1. The molecule has 0 bridgehead atoms. The third-order valence-electron chi connectivity index (χ3n) is 4.27. The third-order valence-corrected chi connectivity index (χ3v) is 4.27. The Morgan fingerprint density at radius 2 is 1.67 bits per heavy atom. The van der Waals surface area contributed by atoms with Gasteiger partial charge in [0, 0.05) is 6.07 Å². The number of rotatable bonds is 5. The van der Waals surface area contributed by atoms with Crippen molar-refractivity contribution in [1.82, 2.24) is 0 Å². The van der Waals surface area contributed by atoms with Gasteiger partial charge in [-0.25, -0.2) is 9.18 Å². The first-order valence-corrected chi connectivity index (χ1v) is 8.89. The molecule has 0 N–H and O–H groups in total. The van der Waals surface area contributed by atoms with Crippen LogP contribution in [0.3, 0.4) is 0 Å². The van der Waals surface area contributed by atoms with Crippen molar-refractivity contribution < 1.29 is 27.8 Å². The van der Waals surface area contributed by atoms with Crippen LogP contribution in [0.25, 0.3) is 11.0 Å². The van der Waals surface area contributed by atoms with Crippen LogP contribution < -0.4 is 19.6 Å². The molecule has 6 nitrogen and oxygen atoms in total. The highest BCUT2D eigenvalue weighted by Crippen LogP contribution is 2.25. The minimum atomic E-state index is -0.726. The van der Waals surface area contributed by atoms with Crippen molar-refractivity contribution in [3.05, 3.63) is 94.6 Å². The molecule has 0 fully saturated rings. The summed E-state index contributed by atoms with van der Waals surface area (Å²) in [7, 11) is 1.55. The number of carbonyl (C=O) groups excluding carboxylic acids is 1. The lowest BCUT2D eigenvalue weighted by atomic mass is 10.2. The summed E-state index contributed by atoms with van der Waals surface area (Å²) in [5.74, 6) is 0.00576. The Labute approximate surface area is 170 Å². The second-order valence-corrected chi connectivity index (χ2v) is 6.26. The smallest absolute Gasteiger partial charge is 0.343 e. The van der Waals surface area contributed by atoms with Crippen molar-refractivity contribution in [2.75, 3.05) is 7.11 Å². The Morgan fingerprint density at radius 1 is 0.933 bits per heavy atom. The Balaban J connectivity index is 1.57. The zero-order chi connectivity index (χ0) is 21.1. The van der Waals surface area contributed by atoms with Crippen LogP contribution in [0.4, 0.5) is 4.39 Å². The van der Waals surface area contributed by atoms with Crippen molar-refractivity contribution in [3.63, 3.8) is 0 Å². The van der Waals surface area contributed by atoms with Crippen molar-refractivity contribution in [2.45, 2.75) is 0 Å². The van der Waals surface area contributed by atoms with Gasteiger partial charge in [-0.05, 0) is 54.6 Å². The maximum atomic E-state index is 13.3. The first-order chi connectivity index (χ1) is 14.5. The van der Waals surface area contributed by atoms with Crippen LogP contribution in [0.2, 0.25) is 0 Å². The molecule has 150 valence electrons. The van der Waals surface area contributed by atoms with E-state index in [2.05, 4.69) is 0 Å². The number of hydrogen-bond acceptors (Lipinski definition) is 6. The predicted molar refractivity (Wildman–Crippen MR) is 107 cm³/mol. The van der Waals surface area contributed by atoms with Crippen LogP contribution in [-0.2, 0) is 0 Å². The zero-order valence-electron chi connectivity index (χ0n) is 15.8. The summed E-state index contributed by atoms with van der Waals surface area (Å²) in [4.78, 5) is 24.9. The topological polar surface area (TPSA) is 75.0 Å². The van der Waals surface area contributed by atoms with Gasteiger partial charge >= 0.3 is 5.97 Å². The number of esters is 1. The molecule has 0 aliphatic rings. The van der Waals surface area contributed by atoms with Crippen molar-refractivity contribution >= 4 is 16.9 Å². The molecule has 0 saturated heterocycles. The molecular formula is C23H15FO6. The van der Waals surface area contributed by atoms with Gasteiger partial charge in [0.15, 0.2) is 0 Å². The van der Waals surface area contributed by atoms with E-state index in [9.17, 15) is 14.0 Å². The minimum Gasteiger partial charge on any atom is -0.497 e. The maximum absolute atomic E-state index is 13.3. The lowest BCUT2D eigenvalue weighted by Crippen LogP contribution is -2.09. The monoisotopic (exact) mass is 406 g/mol. The molecule has 0 saturated carbocycles. The standard InChI is InChI=1S/C23H15FO6/c1-27-16-5-7-17(8-6-16)29-21-13-28-20-12-18(9-10-19(20)22(21)25)30-23(26)14-3-2-4-15(24)11-14/h2-13H,1H3. The number of halogens is 1. The molecule has 7 heteroatoms. The van der Waals surface area contributed by atoms with Crippen LogP contribution in [0.1, 0.15) is 10.4 Å². The molecule has 0 aliphatic carbocycles. The molecule has 0 radical (unpaired) electrons. The summed E-state index contributed by atoms with van der Waals surface area (Å²) in [5.41, 5.74) is -0.0958. The first-order valence-electron chi connectivity index (χ1n) is 8.89. The van der Waals surface area contributed by atoms with Crippen LogP contribution in [0.15, 0.2) is 82.2 Å². The molecule has 1 heterocycles. The largest absolute Gasteiger partial charge is 0.497 e. The Morgan fingerprint density at radius 3 is 2.40 bits per heavy atom. The quantitative estimate of drug-likeness (QED) is 0.345. The fraction of sp³-hybridized carbons (Fsp3) is 0.0435. The highest BCUT2D eigenvalue weighted by Gasteiger charge is 2.13. The molecule has 1 aromatic heterocycles. The van der Waals surface area contributed by atoms with Crippen LogP contribution in [0.5, 0.6) is 23.0 Å².